The van der Waals surface area contributed by atoms with Crippen LogP contribution in [0.3, 0.4) is 0 Å². The standard InChI is InChI=1S/2C2H7O4P.Ba/c2*1-5-7(3,4)6-2;/h2*1-2H3,(H,3,4);/q;;+2/p-2. The first-order chi connectivity index (χ1) is 6.24. The normalized spacial score (nSPS) is 11.1. The Bertz CT molecular complexity index is 193. The van der Waals surface area contributed by atoms with Crippen LogP contribution in [0, 0.1) is 0 Å². The third-order valence-electron chi connectivity index (χ3n) is 0.894. The van der Waals surface area contributed by atoms with Crippen LogP contribution in [0.15, 0.2) is 0 Å². The van der Waals surface area contributed by atoms with Crippen LogP contribution in [0.5, 0.6) is 0 Å². The third kappa shape index (κ3) is 15.8. The van der Waals surface area contributed by atoms with Gasteiger partial charge in [0.25, 0.3) is 15.6 Å². The first-order valence-corrected chi connectivity index (χ1v) is 6.01. The van der Waals surface area contributed by atoms with Crippen molar-refractivity contribution in [1.29, 1.82) is 0 Å². The van der Waals surface area contributed by atoms with Crippen LogP contribution < -0.4 is 9.79 Å². The minimum Gasteiger partial charge on any atom is -0.756 e. The molecule has 0 N–H and O–H groups in total. The summed E-state index contributed by atoms with van der Waals surface area (Å²) >= 11 is 0. The largest absolute Gasteiger partial charge is 2.00 e. The Labute approximate surface area is 129 Å². The van der Waals surface area contributed by atoms with E-state index in [0.29, 0.717) is 0 Å². The van der Waals surface area contributed by atoms with E-state index in [0.717, 1.165) is 28.4 Å². The summed E-state index contributed by atoms with van der Waals surface area (Å²) in [5.41, 5.74) is 0. The van der Waals surface area contributed by atoms with Crippen LogP contribution in [-0.4, -0.2) is 77.3 Å². The van der Waals surface area contributed by atoms with Gasteiger partial charge in [-0.1, -0.05) is 0 Å². The third-order valence-corrected chi connectivity index (χ3v) is 2.68. The number of phosphoric ester groups is 2. The summed E-state index contributed by atoms with van der Waals surface area (Å²) in [6.45, 7) is 0. The molecule has 88 valence electrons. The quantitative estimate of drug-likeness (QED) is 0.451. The molecule has 0 rings (SSSR count). The number of hydrogen-bond acceptors (Lipinski definition) is 8. The van der Waals surface area contributed by atoms with Crippen LogP contribution in [0.2, 0.25) is 0 Å². The molecule has 0 aliphatic rings. The maximum Gasteiger partial charge on any atom is 2.00 e. The molecule has 0 heterocycles. The van der Waals surface area contributed by atoms with E-state index in [1.807, 2.05) is 0 Å². The summed E-state index contributed by atoms with van der Waals surface area (Å²) in [5, 5.41) is 0. The van der Waals surface area contributed by atoms with Gasteiger partial charge in [-0.15, -0.1) is 0 Å². The number of rotatable bonds is 4. The molecule has 0 aromatic rings. The number of phosphoric acid groups is 2. The molecule has 0 aromatic carbocycles. The summed E-state index contributed by atoms with van der Waals surface area (Å²) in [6.07, 6.45) is 0. The Balaban J connectivity index is -0.000000180. The topological polar surface area (TPSA) is 117 Å². The Morgan fingerprint density at radius 2 is 0.867 bits per heavy atom. The van der Waals surface area contributed by atoms with E-state index in [1.165, 1.54) is 0 Å². The van der Waals surface area contributed by atoms with Crippen molar-refractivity contribution in [3.05, 3.63) is 0 Å². The Morgan fingerprint density at radius 1 is 0.733 bits per heavy atom. The average Bonchev–Trinajstić information content (AvgIpc) is 2.19. The van der Waals surface area contributed by atoms with E-state index in [2.05, 4.69) is 18.1 Å². The molecule has 0 aromatic heterocycles. The molecule has 0 fully saturated rings. The Kier molecular flexibility index (Phi) is 16.0. The van der Waals surface area contributed by atoms with Gasteiger partial charge < -0.3 is 27.9 Å². The summed E-state index contributed by atoms with van der Waals surface area (Å²) in [4.78, 5) is 19.9. The molecular weight excluding hydrogens is 375 g/mol. The van der Waals surface area contributed by atoms with Crippen molar-refractivity contribution >= 4 is 64.5 Å². The Morgan fingerprint density at radius 3 is 0.867 bits per heavy atom. The van der Waals surface area contributed by atoms with E-state index in [9.17, 15) is 18.9 Å². The van der Waals surface area contributed by atoms with Gasteiger partial charge in [0.05, 0.1) is 0 Å². The fourth-order valence-electron chi connectivity index (χ4n) is 0.149. The van der Waals surface area contributed by atoms with Gasteiger partial charge in [-0.3, -0.25) is 9.13 Å². The molecule has 0 radical (unpaired) electrons. The van der Waals surface area contributed by atoms with Gasteiger partial charge in [-0.2, -0.15) is 0 Å². The SMILES string of the molecule is COP(=O)([O-])OC.COP(=O)([O-])OC.[Ba+2]. The second-order valence-corrected chi connectivity index (χ2v) is 4.87. The van der Waals surface area contributed by atoms with Gasteiger partial charge in [0.2, 0.25) is 0 Å². The van der Waals surface area contributed by atoms with Crippen molar-refractivity contribution in [3.63, 3.8) is 0 Å². The predicted molar refractivity (Wildman–Crippen MR) is 49.0 cm³/mol. The summed E-state index contributed by atoms with van der Waals surface area (Å²) in [6, 6.07) is 0. The molecule has 0 bridgehead atoms. The van der Waals surface area contributed by atoms with E-state index >= 15 is 0 Å². The first-order valence-electron chi connectivity index (χ1n) is 3.09. The maximum atomic E-state index is 9.95. The summed E-state index contributed by atoms with van der Waals surface area (Å²) in [7, 11) is -3.65. The number of hydrogen-bond donors (Lipinski definition) is 0. The second kappa shape index (κ2) is 10.9. The molecule has 0 saturated heterocycles. The molecule has 0 aliphatic heterocycles. The molecule has 0 spiro atoms. The molecule has 0 atom stereocenters. The van der Waals surface area contributed by atoms with Gasteiger partial charge in [0.15, 0.2) is 0 Å². The summed E-state index contributed by atoms with van der Waals surface area (Å²) in [5.74, 6) is 0. The molecule has 0 amide bonds. The van der Waals surface area contributed by atoms with Crippen LogP contribution >= 0.6 is 15.6 Å². The van der Waals surface area contributed by atoms with Gasteiger partial charge >= 0.3 is 48.9 Å². The fourth-order valence-corrected chi connectivity index (χ4v) is 0.447. The van der Waals surface area contributed by atoms with Crippen LogP contribution in [0.1, 0.15) is 0 Å². The molecule has 15 heavy (non-hydrogen) atoms. The van der Waals surface area contributed by atoms with Crippen LogP contribution in [-0.2, 0) is 27.2 Å². The van der Waals surface area contributed by atoms with Crippen LogP contribution in [0.25, 0.3) is 0 Å². The molecule has 8 nitrogen and oxygen atoms in total. The zero-order valence-electron chi connectivity index (χ0n) is 8.87. The van der Waals surface area contributed by atoms with Crippen molar-refractivity contribution < 1.29 is 37.0 Å². The molecule has 0 aliphatic carbocycles. The van der Waals surface area contributed by atoms with Crippen molar-refractivity contribution in [2.75, 3.05) is 28.4 Å². The van der Waals surface area contributed by atoms with Gasteiger partial charge in [-0.25, -0.2) is 0 Å². The molecular formula is C4H12BaO8P2. The second-order valence-electron chi connectivity index (χ2n) is 1.62. The fraction of sp³-hybridized carbons (Fsp3) is 1.00. The van der Waals surface area contributed by atoms with Crippen molar-refractivity contribution in [3.8, 4) is 0 Å². The Hall–Kier alpha value is 1.79. The van der Waals surface area contributed by atoms with Crippen LogP contribution in [0.4, 0.5) is 0 Å². The molecule has 0 unspecified atom stereocenters. The van der Waals surface area contributed by atoms with Gasteiger partial charge in [-0.05, 0) is 0 Å². The zero-order chi connectivity index (χ0) is 11.8. The van der Waals surface area contributed by atoms with E-state index < -0.39 is 15.6 Å². The van der Waals surface area contributed by atoms with E-state index in [1.54, 1.807) is 0 Å². The minimum atomic E-state index is -3.90. The maximum absolute atomic E-state index is 9.95. The minimum absolute atomic E-state index is 0. The monoisotopic (exact) mass is 388 g/mol. The predicted octanol–water partition coefficient (Wildman–Crippen LogP) is -0.886. The zero-order valence-corrected chi connectivity index (χ0v) is 15.1. The van der Waals surface area contributed by atoms with Crippen molar-refractivity contribution in [2.45, 2.75) is 0 Å². The van der Waals surface area contributed by atoms with E-state index in [4.69, 9.17) is 0 Å². The average molecular weight is 387 g/mol. The van der Waals surface area contributed by atoms with E-state index in [-0.39, 0.29) is 48.9 Å². The molecule has 11 heteroatoms. The van der Waals surface area contributed by atoms with Crippen molar-refractivity contribution in [1.82, 2.24) is 0 Å². The van der Waals surface area contributed by atoms with Gasteiger partial charge in [0, 0.05) is 28.4 Å². The smallest absolute Gasteiger partial charge is 0.756 e. The first kappa shape index (κ1) is 22.0. The van der Waals surface area contributed by atoms with Crippen molar-refractivity contribution in [2.24, 2.45) is 0 Å². The molecule has 0 saturated carbocycles. The van der Waals surface area contributed by atoms with Gasteiger partial charge in [0.1, 0.15) is 0 Å². The summed E-state index contributed by atoms with van der Waals surface area (Å²) < 4.78 is 35.4.